The van der Waals surface area contributed by atoms with E-state index in [4.69, 9.17) is 0 Å². The average molecular weight is 280 g/mol. The molecule has 2 heterocycles. The predicted octanol–water partition coefficient (Wildman–Crippen LogP) is 3.86. The minimum Gasteiger partial charge on any atom is -0.338 e. The highest BCUT2D eigenvalue weighted by atomic mass is 32.1. The van der Waals surface area contributed by atoms with E-state index in [1.807, 2.05) is 48.5 Å². The number of hydrogen-bond donors (Lipinski definition) is 2. The first-order chi connectivity index (χ1) is 9.83. The number of fused-ring (bicyclic) bond motifs is 2. The van der Waals surface area contributed by atoms with Gasteiger partial charge in [0.25, 0.3) is 0 Å². The van der Waals surface area contributed by atoms with Crippen LogP contribution in [0, 0.1) is 4.77 Å². The molecule has 0 amide bonds. The number of para-hydroxylation sites is 4. The maximum Gasteiger partial charge on any atom is 0.174 e. The molecule has 0 atom stereocenters. The number of H-pyrrole nitrogens is 2. The topological polar surface area (TPSA) is 57.4 Å². The summed E-state index contributed by atoms with van der Waals surface area (Å²) in [5, 5.41) is 0. The standard InChI is InChI=1S/C12H8N2.C3H4N2S/c1-2-6-10-9(5-1)13-11-7-3-4-8-12(11)14-10;6-3-4-1-2-5-3/h1-8H;1-2H,(H2,4,5,6). The fraction of sp³-hybridized carbons (Fsp3) is 0. The Labute approximate surface area is 120 Å². The normalized spacial score (nSPS) is 10.2. The van der Waals surface area contributed by atoms with Gasteiger partial charge in [-0.2, -0.15) is 0 Å². The van der Waals surface area contributed by atoms with Crippen LogP contribution in [0.25, 0.3) is 22.1 Å². The summed E-state index contributed by atoms with van der Waals surface area (Å²) in [4.78, 5) is 14.5. The number of nitrogens with zero attached hydrogens (tertiary/aromatic N) is 2. The highest BCUT2D eigenvalue weighted by molar-refractivity contribution is 7.71. The van der Waals surface area contributed by atoms with Crippen molar-refractivity contribution in [2.75, 3.05) is 0 Å². The molecule has 98 valence electrons. The molecule has 4 aromatic rings. The first-order valence-corrected chi connectivity index (χ1v) is 6.57. The molecule has 0 radical (unpaired) electrons. The first-order valence-electron chi connectivity index (χ1n) is 6.16. The van der Waals surface area contributed by atoms with Gasteiger partial charge in [0, 0.05) is 12.4 Å². The van der Waals surface area contributed by atoms with Gasteiger partial charge in [-0.15, -0.1) is 0 Å². The van der Waals surface area contributed by atoms with Gasteiger partial charge in [0.15, 0.2) is 4.77 Å². The molecule has 0 aliphatic carbocycles. The molecule has 0 aliphatic heterocycles. The molecule has 20 heavy (non-hydrogen) atoms. The van der Waals surface area contributed by atoms with Gasteiger partial charge in [-0.05, 0) is 36.5 Å². The second kappa shape index (κ2) is 5.63. The lowest BCUT2D eigenvalue weighted by molar-refractivity contribution is 1.27. The maximum atomic E-state index is 4.63. The van der Waals surface area contributed by atoms with E-state index in [2.05, 4.69) is 32.2 Å². The van der Waals surface area contributed by atoms with Crippen molar-refractivity contribution in [2.45, 2.75) is 0 Å². The predicted molar refractivity (Wildman–Crippen MR) is 83.0 cm³/mol. The summed E-state index contributed by atoms with van der Waals surface area (Å²) in [6.07, 6.45) is 3.50. The van der Waals surface area contributed by atoms with Crippen LogP contribution in [0.15, 0.2) is 60.9 Å². The van der Waals surface area contributed by atoms with Crippen molar-refractivity contribution < 1.29 is 0 Å². The van der Waals surface area contributed by atoms with Crippen molar-refractivity contribution in [1.29, 1.82) is 0 Å². The van der Waals surface area contributed by atoms with E-state index >= 15 is 0 Å². The summed E-state index contributed by atoms with van der Waals surface area (Å²) in [6, 6.07) is 15.8. The minimum atomic E-state index is 0.676. The van der Waals surface area contributed by atoms with E-state index in [-0.39, 0.29) is 0 Å². The van der Waals surface area contributed by atoms with Crippen molar-refractivity contribution in [3.63, 3.8) is 0 Å². The lowest BCUT2D eigenvalue weighted by atomic mass is 10.2. The summed E-state index contributed by atoms with van der Waals surface area (Å²) in [6.45, 7) is 0. The summed E-state index contributed by atoms with van der Waals surface area (Å²) < 4.78 is 0.676. The second-order valence-corrected chi connectivity index (χ2v) is 4.56. The molecule has 0 spiro atoms. The lowest BCUT2D eigenvalue weighted by Crippen LogP contribution is -1.85. The minimum absolute atomic E-state index is 0.676. The molecule has 0 aliphatic rings. The fourth-order valence-corrected chi connectivity index (χ4v) is 1.98. The maximum absolute atomic E-state index is 4.63. The fourth-order valence-electron chi connectivity index (χ4n) is 1.84. The van der Waals surface area contributed by atoms with Gasteiger partial charge in [-0.25, -0.2) is 9.97 Å². The number of imidazole rings is 1. The van der Waals surface area contributed by atoms with Crippen LogP contribution in [0.4, 0.5) is 0 Å². The summed E-state index contributed by atoms with van der Waals surface area (Å²) in [5.74, 6) is 0. The third-order valence-electron chi connectivity index (χ3n) is 2.76. The third kappa shape index (κ3) is 2.73. The Morgan fingerprint density at radius 3 is 1.25 bits per heavy atom. The monoisotopic (exact) mass is 280 g/mol. The molecular formula is C15H12N4S. The van der Waals surface area contributed by atoms with Crippen molar-refractivity contribution in [2.24, 2.45) is 0 Å². The Morgan fingerprint density at radius 1 is 0.650 bits per heavy atom. The van der Waals surface area contributed by atoms with Crippen LogP contribution in [-0.4, -0.2) is 19.9 Å². The van der Waals surface area contributed by atoms with Gasteiger partial charge in [-0.1, -0.05) is 24.3 Å². The zero-order valence-electron chi connectivity index (χ0n) is 10.6. The zero-order valence-corrected chi connectivity index (χ0v) is 11.4. The molecule has 4 rings (SSSR count). The average Bonchev–Trinajstić information content (AvgIpc) is 2.97. The van der Waals surface area contributed by atoms with Gasteiger partial charge in [0.1, 0.15) is 0 Å². The molecule has 2 aromatic heterocycles. The van der Waals surface area contributed by atoms with Crippen LogP contribution in [-0.2, 0) is 0 Å². The molecule has 2 aromatic carbocycles. The lowest BCUT2D eigenvalue weighted by Gasteiger charge is -1.98. The van der Waals surface area contributed by atoms with E-state index in [1.54, 1.807) is 12.4 Å². The first kappa shape index (κ1) is 12.5. The summed E-state index contributed by atoms with van der Waals surface area (Å²) in [7, 11) is 0. The van der Waals surface area contributed by atoms with Crippen LogP contribution < -0.4 is 0 Å². The van der Waals surface area contributed by atoms with Crippen molar-refractivity contribution in [3.05, 3.63) is 65.7 Å². The molecule has 4 nitrogen and oxygen atoms in total. The number of aromatic nitrogens is 4. The highest BCUT2D eigenvalue weighted by Crippen LogP contribution is 2.14. The SMILES string of the molecule is S=c1[nH]cc[nH]1.c1ccc2nc3ccccc3nc2c1. The van der Waals surface area contributed by atoms with Crippen molar-refractivity contribution >= 4 is 34.3 Å². The Hall–Kier alpha value is -2.53. The van der Waals surface area contributed by atoms with Gasteiger partial charge < -0.3 is 9.97 Å². The molecule has 0 saturated heterocycles. The van der Waals surface area contributed by atoms with E-state index in [0.717, 1.165) is 22.1 Å². The smallest absolute Gasteiger partial charge is 0.174 e. The van der Waals surface area contributed by atoms with E-state index < -0.39 is 0 Å². The van der Waals surface area contributed by atoms with E-state index in [0.29, 0.717) is 4.77 Å². The van der Waals surface area contributed by atoms with Gasteiger partial charge >= 0.3 is 0 Å². The number of hydrogen-bond acceptors (Lipinski definition) is 3. The largest absolute Gasteiger partial charge is 0.338 e. The van der Waals surface area contributed by atoms with Crippen LogP contribution >= 0.6 is 12.2 Å². The number of nitrogens with one attached hydrogen (secondary N) is 2. The number of rotatable bonds is 0. The highest BCUT2D eigenvalue weighted by Gasteiger charge is 1.98. The molecule has 0 bridgehead atoms. The molecule has 0 unspecified atom stereocenters. The molecule has 2 N–H and O–H groups in total. The second-order valence-electron chi connectivity index (χ2n) is 4.15. The summed E-state index contributed by atoms with van der Waals surface area (Å²) >= 11 is 4.63. The van der Waals surface area contributed by atoms with E-state index in [1.165, 1.54) is 0 Å². The molecular weight excluding hydrogens is 268 g/mol. The molecule has 0 fully saturated rings. The third-order valence-corrected chi connectivity index (χ3v) is 2.99. The number of aromatic amines is 2. The van der Waals surface area contributed by atoms with E-state index in [9.17, 15) is 0 Å². The Balaban J connectivity index is 0.000000170. The van der Waals surface area contributed by atoms with Gasteiger partial charge in [0.2, 0.25) is 0 Å². The Bertz CT molecular complexity index is 773. The molecule has 5 heteroatoms. The van der Waals surface area contributed by atoms with Crippen molar-refractivity contribution in [3.8, 4) is 0 Å². The Morgan fingerprint density at radius 2 is 1.00 bits per heavy atom. The van der Waals surface area contributed by atoms with Crippen LogP contribution in [0.5, 0.6) is 0 Å². The number of benzene rings is 2. The van der Waals surface area contributed by atoms with Crippen LogP contribution in [0.3, 0.4) is 0 Å². The van der Waals surface area contributed by atoms with Crippen molar-refractivity contribution in [1.82, 2.24) is 19.9 Å². The van der Waals surface area contributed by atoms with Gasteiger partial charge in [-0.3, -0.25) is 0 Å². The van der Waals surface area contributed by atoms with Gasteiger partial charge in [0.05, 0.1) is 22.1 Å². The van der Waals surface area contributed by atoms with Crippen LogP contribution in [0.1, 0.15) is 0 Å². The zero-order chi connectivity index (χ0) is 13.8. The Kier molecular flexibility index (Phi) is 3.52. The summed E-state index contributed by atoms with van der Waals surface area (Å²) in [5.41, 5.74) is 3.80. The van der Waals surface area contributed by atoms with Crippen LogP contribution in [0.2, 0.25) is 0 Å². The quantitative estimate of drug-likeness (QED) is 0.380. The molecule has 0 saturated carbocycles.